The maximum Gasteiger partial charge on any atom is 0.338 e. The first-order valence-electron chi connectivity index (χ1n) is 10.1. The van der Waals surface area contributed by atoms with Crippen molar-refractivity contribution in [3.63, 3.8) is 0 Å². The molecule has 0 aromatic heterocycles. The summed E-state index contributed by atoms with van der Waals surface area (Å²) in [5.74, 6) is 0.193. The predicted octanol–water partition coefficient (Wildman–Crippen LogP) is 3.60. The molecule has 9 heteroatoms. The van der Waals surface area contributed by atoms with E-state index in [1.54, 1.807) is 6.07 Å². The zero-order chi connectivity index (χ0) is 23.1. The van der Waals surface area contributed by atoms with E-state index in [1.165, 1.54) is 38.3 Å². The molecule has 1 N–H and O–H groups in total. The number of methoxy groups -OCH3 is 1. The topological polar surface area (TPSA) is 109 Å². The van der Waals surface area contributed by atoms with Crippen molar-refractivity contribution in [2.75, 3.05) is 32.4 Å². The molecule has 1 aliphatic heterocycles. The van der Waals surface area contributed by atoms with Crippen LogP contribution in [0.25, 0.3) is 0 Å². The predicted molar refractivity (Wildman–Crippen MR) is 115 cm³/mol. The van der Waals surface area contributed by atoms with Gasteiger partial charge in [0.25, 0.3) is 5.91 Å². The van der Waals surface area contributed by atoms with Gasteiger partial charge >= 0.3 is 5.97 Å². The minimum atomic E-state index is -0.698. The Morgan fingerprint density at radius 3 is 2.50 bits per heavy atom. The van der Waals surface area contributed by atoms with Gasteiger partial charge in [-0.2, -0.15) is 0 Å². The molecule has 3 rings (SSSR count). The normalized spacial score (nSPS) is 11.6. The fourth-order valence-electron chi connectivity index (χ4n) is 2.98. The highest BCUT2D eigenvalue weighted by molar-refractivity contribution is 6.05. The van der Waals surface area contributed by atoms with Crippen molar-refractivity contribution in [2.45, 2.75) is 26.7 Å². The van der Waals surface area contributed by atoms with E-state index in [1.807, 2.05) is 0 Å². The lowest BCUT2D eigenvalue weighted by Crippen LogP contribution is -2.22. The first-order valence-corrected chi connectivity index (χ1v) is 10.1. The quantitative estimate of drug-likeness (QED) is 0.337. The average Bonchev–Trinajstić information content (AvgIpc) is 3.24. The van der Waals surface area contributed by atoms with Gasteiger partial charge in [-0.05, 0) is 37.6 Å². The van der Waals surface area contributed by atoms with Crippen molar-refractivity contribution < 1.29 is 38.1 Å². The maximum atomic E-state index is 12.4. The lowest BCUT2D eigenvalue weighted by atomic mass is 10.1. The number of hydrogen-bond donors (Lipinski definition) is 1. The summed E-state index contributed by atoms with van der Waals surface area (Å²) in [7, 11) is 1.47. The van der Waals surface area contributed by atoms with Crippen LogP contribution >= 0.6 is 0 Å². The second-order valence-electron chi connectivity index (χ2n) is 7.00. The highest BCUT2D eigenvalue weighted by atomic mass is 16.7. The third kappa shape index (κ3) is 5.48. The second kappa shape index (κ2) is 10.5. The lowest BCUT2D eigenvalue weighted by Gasteiger charge is -2.12. The van der Waals surface area contributed by atoms with E-state index >= 15 is 0 Å². The number of carbonyl (C=O) groups excluding carboxylic acids is 3. The van der Waals surface area contributed by atoms with Crippen LogP contribution in [0.2, 0.25) is 0 Å². The highest BCUT2D eigenvalue weighted by Gasteiger charge is 2.21. The molecule has 170 valence electrons. The number of anilines is 1. The van der Waals surface area contributed by atoms with Gasteiger partial charge in [0.15, 0.2) is 35.4 Å². The van der Waals surface area contributed by atoms with E-state index in [9.17, 15) is 14.4 Å². The number of amides is 1. The third-order valence-electron chi connectivity index (χ3n) is 4.66. The molecular weight excluding hydrogens is 418 g/mol. The molecule has 1 amide bonds. The molecule has 2 aromatic carbocycles. The number of rotatable bonds is 10. The summed E-state index contributed by atoms with van der Waals surface area (Å²) in [6.45, 7) is 3.47. The molecule has 0 saturated heterocycles. The summed E-state index contributed by atoms with van der Waals surface area (Å²) >= 11 is 0. The van der Waals surface area contributed by atoms with Crippen LogP contribution in [0.5, 0.6) is 23.0 Å². The van der Waals surface area contributed by atoms with Crippen LogP contribution in [0, 0.1) is 0 Å². The molecule has 1 aliphatic rings. The van der Waals surface area contributed by atoms with Crippen molar-refractivity contribution in [3.05, 3.63) is 41.5 Å². The van der Waals surface area contributed by atoms with Gasteiger partial charge in [-0.1, -0.05) is 13.3 Å². The number of nitrogens with one attached hydrogen (secondary N) is 1. The van der Waals surface area contributed by atoms with E-state index in [2.05, 4.69) is 12.2 Å². The second-order valence-corrected chi connectivity index (χ2v) is 7.00. The van der Waals surface area contributed by atoms with Crippen LogP contribution in [-0.2, 0) is 9.53 Å². The zero-order valence-electron chi connectivity index (χ0n) is 18.2. The molecule has 0 atom stereocenters. The molecule has 0 radical (unpaired) electrons. The number of carbonyl (C=O) groups is 3. The number of ketones is 1. The number of benzene rings is 2. The van der Waals surface area contributed by atoms with Crippen molar-refractivity contribution in [1.82, 2.24) is 0 Å². The SMILES string of the molecule is CCCCOc1ccc(C(=O)OCC(=O)Nc2cc3c(cc2C(C)=O)OCO3)cc1OC. The standard InChI is InChI=1S/C23H25NO8/c1-4-5-8-29-18-7-6-15(9-19(18)28-3)23(27)30-12-22(26)24-17-11-21-20(31-13-32-21)10-16(17)14(2)25/h6-7,9-11H,4-5,8,12-13H2,1-3H3,(H,24,26). The van der Waals surface area contributed by atoms with Gasteiger partial charge in [0.05, 0.1) is 25.0 Å². The molecule has 32 heavy (non-hydrogen) atoms. The minimum Gasteiger partial charge on any atom is -0.493 e. The van der Waals surface area contributed by atoms with Gasteiger partial charge in [0.1, 0.15) is 0 Å². The fourth-order valence-corrected chi connectivity index (χ4v) is 2.98. The molecule has 0 bridgehead atoms. The van der Waals surface area contributed by atoms with Crippen LogP contribution < -0.4 is 24.3 Å². The van der Waals surface area contributed by atoms with Crippen LogP contribution in [0.3, 0.4) is 0 Å². The maximum absolute atomic E-state index is 12.4. The van der Waals surface area contributed by atoms with Crippen LogP contribution in [-0.4, -0.2) is 44.8 Å². The Labute approximate surface area is 185 Å². The van der Waals surface area contributed by atoms with Crippen molar-refractivity contribution in [3.8, 4) is 23.0 Å². The van der Waals surface area contributed by atoms with Crippen LogP contribution in [0.15, 0.2) is 30.3 Å². The summed E-state index contributed by atoms with van der Waals surface area (Å²) in [6, 6.07) is 7.66. The Bertz CT molecular complexity index is 1020. The molecule has 0 spiro atoms. The van der Waals surface area contributed by atoms with E-state index in [4.69, 9.17) is 23.7 Å². The van der Waals surface area contributed by atoms with E-state index in [-0.39, 0.29) is 29.4 Å². The van der Waals surface area contributed by atoms with Crippen molar-refractivity contribution in [1.29, 1.82) is 0 Å². The smallest absolute Gasteiger partial charge is 0.338 e. The van der Waals surface area contributed by atoms with Crippen LogP contribution in [0.1, 0.15) is 47.4 Å². The van der Waals surface area contributed by atoms with Gasteiger partial charge in [0, 0.05) is 11.6 Å². The van der Waals surface area contributed by atoms with Gasteiger partial charge in [-0.15, -0.1) is 0 Å². The number of unbranched alkanes of at least 4 members (excludes halogenated alkanes) is 1. The Morgan fingerprint density at radius 1 is 1.06 bits per heavy atom. The van der Waals surface area contributed by atoms with Gasteiger partial charge < -0.3 is 29.0 Å². The summed E-state index contributed by atoms with van der Waals surface area (Å²) in [5, 5.41) is 2.57. The van der Waals surface area contributed by atoms with Gasteiger partial charge in [-0.25, -0.2) is 4.79 Å². The number of hydrogen-bond acceptors (Lipinski definition) is 8. The van der Waals surface area contributed by atoms with Crippen molar-refractivity contribution >= 4 is 23.3 Å². The minimum absolute atomic E-state index is 0.0353. The lowest BCUT2D eigenvalue weighted by molar-refractivity contribution is -0.119. The summed E-state index contributed by atoms with van der Waals surface area (Å²) in [6.07, 6.45) is 1.89. The summed E-state index contributed by atoms with van der Waals surface area (Å²) in [5.41, 5.74) is 0.723. The Balaban J connectivity index is 1.62. The Hall–Kier alpha value is -3.75. The highest BCUT2D eigenvalue weighted by Crippen LogP contribution is 2.37. The number of ether oxygens (including phenoxy) is 5. The Morgan fingerprint density at radius 2 is 1.81 bits per heavy atom. The van der Waals surface area contributed by atoms with Crippen molar-refractivity contribution in [2.24, 2.45) is 0 Å². The molecule has 0 saturated carbocycles. The van der Waals surface area contributed by atoms with Gasteiger partial charge in [-0.3, -0.25) is 9.59 Å². The molecular formula is C23H25NO8. The number of fused-ring (bicyclic) bond motifs is 1. The Kier molecular flexibility index (Phi) is 7.54. The average molecular weight is 443 g/mol. The fraction of sp³-hybridized carbons (Fsp3) is 0.348. The number of esters is 1. The summed E-state index contributed by atoms with van der Waals surface area (Å²) in [4.78, 5) is 36.6. The molecule has 0 fully saturated rings. The monoisotopic (exact) mass is 443 g/mol. The molecule has 0 unspecified atom stereocenters. The molecule has 1 heterocycles. The van der Waals surface area contributed by atoms with Gasteiger partial charge in [0.2, 0.25) is 6.79 Å². The first kappa shape index (κ1) is 22.9. The third-order valence-corrected chi connectivity index (χ3v) is 4.66. The molecule has 0 aliphatic carbocycles. The van der Waals surface area contributed by atoms with E-state index in [0.717, 1.165) is 12.8 Å². The largest absolute Gasteiger partial charge is 0.493 e. The first-order chi connectivity index (χ1) is 15.4. The molecule has 2 aromatic rings. The molecule has 9 nitrogen and oxygen atoms in total. The van der Waals surface area contributed by atoms with E-state index < -0.39 is 18.5 Å². The van der Waals surface area contributed by atoms with Crippen LogP contribution in [0.4, 0.5) is 5.69 Å². The van der Waals surface area contributed by atoms with E-state index in [0.29, 0.717) is 29.6 Å². The zero-order valence-corrected chi connectivity index (χ0v) is 18.2. The summed E-state index contributed by atoms with van der Waals surface area (Å²) < 4.78 is 26.6. The number of Topliss-reactive ketones (excluding diaryl/α,β-unsaturated/α-hetero) is 1.